The molecule has 86 valence electrons. The number of nitrogens with one attached hydrogen (secondary N) is 2. The quantitative estimate of drug-likeness (QED) is 0.792. The number of amides is 1. The van der Waals surface area contributed by atoms with Crippen LogP contribution >= 0.6 is 0 Å². The minimum atomic E-state index is -0.135. The zero-order valence-electron chi connectivity index (χ0n) is 9.47. The van der Waals surface area contributed by atoms with E-state index in [2.05, 4.69) is 15.3 Å². The van der Waals surface area contributed by atoms with E-state index < -0.39 is 0 Å². The second-order valence-corrected chi connectivity index (χ2v) is 3.51. The molecule has 0 aliphatic heterocycles. The van der Waals surface area contributed by atoms with Crippen molar-refractivity contribution in [2.45, 2.75) is 6.92 Å². The van der Waals surface area contributed by atoms with Crippen molar-refractivity contribution in [1.82, 2.24) is 9.97 Å². The summed E-state index contributed by atoms with van der Waals surface area (Å²) < 4.78 is 0. The number of aromatic amines is 1. The number of H-pyrrole nitrogens is 1. The predicted molar refractivity (Wildman–Crippen MR) is 67.5 cm³/mol. The molecule has 0 saturated carbocycles. The third-order valence-electron chi connectivity index (χ3n) is 2.22. The summed E-state index contributed by atoms with van der Waals surface area (Å²) in [6.45, 7) is 1.80. The Kier molecular flexibility index (Phi) is 3.35. The second-order valence-electron chi connectivity index (χ2n) is 3.51. The van der Waals surface area contributed by atoms with Gasteiger partial charge in [0.2, 0.25) is 5.91 Å². The van der Waals surface area contributed by atoms with Crippen LogP contribution in [0.4, 0.5) is 5.69 Å². The maximum Gasteiger partial charge on any atom is 0.248 e. The number of carbonyl (C=O) groups excluding carboxylic acids is 1. The van der Waals surface area contributed by atoms with Crippen LogP contribution in [0.2, 0.25) is 0 Å². The van der Waals surface area contributed by atoms with E-state index in [1.54, 1.807) is 25.4 Å². The number of anilines is 1. The Balaban J connectivity index is 2.20. The molecule has 2 aromatic rings. The highest BCUT2D eigenvalue weighted by Gasteiger charge is 2.02. The predicted octanol–water partition coefficient (Wildman–Crippen LogP) is 2.59. The van der Waals surface area contributed by atoms with E-state index in [-0.39, 0.29) is 5.91 Å². The van der Waals surface area contributed by atoms with Gasteiger partial charge in [0.05, 0.1) is 0 Å². The molecule has 4 heteroatoms. The molecule has 4 nitrogen and oxygen atoms in total. The Morgan fingerprint density at radius 1 is 1.47 bits per heavy atom. The van der Waals surface area contributed by atoms with Crippen LogP contribution in [0.15, 0.2) is 48.8 Å². The monoisotopic (exact) mass is 227 g/mol. The van der Waals surface area contributed by atoms with Gasteiger partial charge in [-0.25, -0.2) is 4.98 Å². The summed E-state index contributed by atoms with van der Waals surface area (Å²) in [7, 11) is 0. The van der Waals surface area contributed by atoms with Crippen LogP contribution in [0.1, 0.15) is 6.92 Å². The minimum absolute atomic E-state index is 0.135. The molecule has 1 aromatic carbocycles. The SMILES string of the molecule is C/C=C/C(=O)Nc1cccc(-c2ncc[nH]2)c1. The van der Waals surface area contributed by atoms with E-state index in [0.29, 0.717) is 0 Å². The first kappa shape index (κ1) is 11.1. The number of carbonyl (C=O) groups is 1. The molecule has 2 rings (SSSR count). The summed E-state index contributed by atoms with van der Waals surface area (Å²) in [5.41, 5.74) is 1.69. The first-order valence-corrected chi connectivity index (χ1v) is 5.33. The summed E-state index contributed by atoms with van der Waals surface area (Å²) in [5.74, 6) is 0.649. The van der Waals surface area contributed by atoms with Gasteiger partial charge in [0.25, 0.3) is 0 Å². The molecule has 17 heavy (non-hydrogen) atoms. The Hall–Kier alpha value is -2.36. The Morgan fingerprint density at radius 2 is 2.35 bits per heavy atom. The molecule has 1 amide bonds. The Labute approximate surface area is 99.4 Å². The number of aromatic nitrogens is 2. The lowest BCUT2D eigenvalue weighted by molar-refractivity contribution is -0.111. The van der Waals surface area contributed by atoms with E-state index >= 15 is 0 Å². The maximum atomic E-state index is 11.4. The summed E-state index contributed by atoms with van der Waals surface area (Å²) in [5, 5.41) is 2.78. The zero-order chi connectivity index (χ0) is 12.1. The van der Waals surface area contributed by atoms with Gasteiger partial charge in [-0.1, -0.05) is 18.2 Å². The molecular formula is C13H13N3O. The van der Waals surface area contributed by atoms with E-state index in [1.165, 1.54) is 6.08 Å². The summed E-state index contributed by atoms with van der Waals surface area (Å²) >= 11 is 0. The highest BCUT2D eigenvalue weighted by molar-refractivity contribution is 5.99. The third-order valence-corrected chi connectivity index (χ3v) is 2.22. The fourth-order valence-corrected chi connectivity index (χ4v) is 1.50. The smallest absolute Gasteiger partial charge is 0.248 e. The zero-order valence-corrected chi connectivity index (χ0v) is 9.47. The van der Waals surface area contributed by atoms with Crippen LogP contribution in [-0.2, 0) is 4.79 Å². The summed E-state index contributed by atoms with van der Waals surface area (Å²) in [6, 6.07) is 7.53. The average molecular weight is 227 g/mol. The van der Waals surface area contributed by atoms with Crippen molar-refractivity contribution in [3.63, 3.8) is 0 Å². The molecule has 2 N–H and O–H groups in total. The lowest BCUT2D eigenvalue weighted by atomic mass is 10.2. The molecule has 0 spiro atoms. The first-order chi connectivity index (χ1) is 8.29. The van der Waals surface area contributed by atoms with Crippen molar-refractivity contribution >= 4 is 11.6 Å². The summed E-state index contributed by atoms with van der Waals surface area (Å²) in [6.07, 6.45) is 6.64. The van der Waals surface area contributed by atoms with Crippen molar-refractivity contribution in [2.24, 2.45) is 0 Å². The van der Waals surface area contributed by atoms with Crippen LogP contribution in [0.5, 0.6) is 0 Å². The number of rotatable bonds is 3. The van der Waals surface area contributed by atoms with Crippen molar-refractivity contribution in [2.75, 3.05) is 5.32 Å². The van der Waals surface area contributed by atoms with Crippen LogP contribution in [0.25, 0.3) is 11.4 Å². The lowest BCUT2D eigenvalue weighted by Gasteiger charge is -2.03. The standard InChI is InChI=1S/C13H13N3O/c1-2-4-12(17)16-11-6-3-5-10(9-11)13-14-7-8-15-13/h2-9H,1H3,(H,14,15)(H,16,17)/b4-2+. The van der Waals surface area contributed by atoms with Crippen molar-refractivity contribution < 1.29 is 4.79 Å². The topological polar surface area (TPSA) is 57.8 Å². The number of hydrogen-bond donors (Lipinski definition) is 2. The fraction of sp³-hybridized carbons (Fsp3) is 0.0769. The van der Waals surface area contributed by atoms with E-state index in [1.807, 2.05) is 24.3 Å². The highest BCUT2D eigenvalue weighted by Crippen LogP contribution is 2.18. The molecular weight excluding hydrogens is 214 g/mol. The molecule has 0 atom stereocenters. The summed E-state index contributed by atoms with van der Waals surface area (Å²) in [4.78, 5) is 18.6. The number of nitrogens with zero attached hydrogens (tertiary/aromatic N) is 1. The van der Waals surface area contributed by atoms with Gasteiger partial charge in [0.15, 0.2) is 0 Å². The first-order valence-electron chi connectivity index (χ1n) is 5.33. The van der Waals surface area contributed by atoms with Crippen LogP contribution < -0.4 is 5.32 Å². The number of allylic oxidation sites excluding steroid dienone is 1. The van der Waals surface area contributed by atoms with Crippen LogP contribution in [-0.4, -0.2) is 15.9 Å². The minimum Gasteiger partial charge on any atom is -0.345 e. The molecule has 1 heterocycles. The molecule has 0 aliphatic rings. The molecule has 0 fully saturated rings. The molecule has 0 radical (unpaired) electrons. The molecule has 1 aromatic heterocycles. The van der Waals surface area contributed by atoms with E-state index in [0.717, 1.165) is 17.1 Å². The van der Waals surface area contributed by atoms with Gasteiger partial charge in [0, 0.05) is 23.6 Å². The number of benzene rings is 1. The number of hydrogen-bond acceptors (Lipinski definition) is 2. The Bertz CT molecular complexity index is 529. The van der Waals surface area contributed by atoms with E-state index in [9.17, 15) is 4.79 Å². The van der Waals surface area contributed by atoms with Gasteiger partial charge in [-0.3, -0.25) is 4.79 Å². The van der Waals surface area contributed by atoms with Gasteiger partial charge in [-0.05, 0) is 25.1 Å². The second kappa shape index (κ2) is 5.12. The highest BCUT2D eigenvalue weighted by atomic mass is 16.1. The maximum absolute atomic E-state index is 11.4. The van der Waals surface area contributed by atoms with E-state index in [4.69, 9.17) is 0 Å². The molecule has 0 aliphatic carbocycles. The normalized spacial score (nSPS) is 10.6. The van der Waals surface area contributed by atoms with Crippen molar-refractivity contribution in [3.8, 4) is 11.4 Å². The van der Waals surface area contributed by atoms with Gasteiger partial charge >= 0.3 is 0 Å². The average Bonchev–Trinajstić information content (AvgIpc) is 2.83. The van der Waals surface area contributed by atoms with Crippen LogP contribution in [0, 0.1) is 0 Å². The number of imidazole rings is 1. The Morgan fingerprint density at radius 3 is 3.06 bits per heavy atom. The fourth-order valence-electron chi connectivity index (χ4n) is 1.50. The largest absolute Gasteiger partial charge is 0.345 e. The van der Waals surface area contributed by atoms with Crippen LogP contribution in [0.3, 0.4) is 0 Å². The van der Waals surface area contributed by atoms with Gasteiger partial charge < -0.3 is 10.3 Å². The van der Waals surface area contributed by atoms with Gasteiger partial charge in [-0.15, -0.1) is 0 Å². The van der Waals surface area contributed by atoms with Crippen molar-refractivity contribution in [3.05, 3.63) is 48.8 Å². The van der Waals surface area contributed by atoms with Crippen molar-refractivity contribution in [1.29, 1.82) is 0 Å². The van der Waals surface area contributed by atoms with Gasteiger partial charge in [0.1, 0.15) is 5.82 Å². The molecule has 0 unspecified atom stereocenters. The molecule has 0 saturated heterocycles. The van der Waals surface area contributed by atoms with Gasteiger partial charge in [-0.2, -0.15) is 0 Å². The molecule has 0 bridgehead atoms. The lowest BCUT2D eigenvalue weighted by Crippen LogP contribution is -2.07. The third kappa shape index (κ3) is 2.81.